The molecule has 0 spiro atoms. The lowest BCUT2D eigenvalue weighted by atomic mass is 10.1. The molecule has 5 heterocycles. The van der Waals surface area contributed by atoms with Gasteiger partial charge in [0.15, 0.2) is 11.5 Å². The van der Waals surface area contributed by atoms with E-state index in [1.54, 1.807) is 23.6 Å². The summed E-state index contributed by atoms with van der Waals surface area (Å²) in [6, 6.07) is 18.2. The number of thiophene rings is 1. The average molecular weight is 542 g/mol. The number of H-pyrrole nitrogens is 2. The van der Waals surface area contributed by atoms with Crippen LogP contribution in [0.15, 0.2) is 114 Å². The molecular weight excluding hydrogens is 514 g/mol. The van der Waals surface area contributed by atoms with Crippen LogP contribution >= 0.6 is 11.3 Å². The molecule has 5 aromatic heterocycles. The Kier molecular flexibility index (Phi) is 6.91. The highest BCUT2D eigenvalue weighted by atomic mass is 32.1. The highest BCUT2D eigenvalue weighted by Gasteiger charge is 2.17. The molecule has 0 fully saturated rings. The Morgan fingerprint density at radius 3 is 2.62 bits per heavy atom. The fraction of sp³-hybridized carbons (Fsp3) is 0.0625. The lowest BCUT2D eigenvalue weighted by Crippen LogP contribution is -2.12. The second-order valence-electron chi connectivity index (χ2n) is 9.26. The van der Waals surface area contributed by atoms with E-state index in [1.807, 2.05) is 66.9 Å². The molecule has 3 N–H and O–H groups in total. The number of allylic oxidation sites excluding steroid dienone is 5. The van der Waals surface area contributed by atoms with Gasteiger partial charge in [-0.05, 0) is 59.9 Å². The Labute approximate surface area is 235 Å². The first-order chi connectivity index (χ1) is 19.6. The molecule has 1 aromatic carbocycles. The fourth-order valence-corrected chi connectivity index (χ4v) is 5.23. The van der Waals surface area contributed by atoms with Gasteiger partial charge in [0.2, 0.25) is 0 Å². The smallest absolute Gasteiger partial charge is 0.161 e. The largest absolute Gasteiger partial charge is 0.359 e. The van der Waals surface area contributed by atoms with Gasteiger partial charge in [-0.25, -0.2) is 9.97 Å². The zero-order valence-electron chi connectivity index (χ0n) is 22.0. The van der Waals surface area contributed by atoms with Gasteiger partial charge in [-0.2, -0.15) is 16.4 Å². The number of fused-ring (bicyclic) bond motifs is 2. The summed E-state index contributed by atoms with van der Waals surface area (Å²) in [5.74, 6) is 0.638. The second kappa shape index (κ2) is 11.0. The van der Waals surface area contributed by atoms with E-state index in [0.717, 1.165) is 62.4 Å². The number of nitrogens with one attached hydrogen (secondary N) is 3. The minimum absolute atomic E-state index is 0.638. The van der Waals surface area contributed by atoms with Crippen molar-refractivity contribution in [3.8, 4) is 22.8 Å². The Balaban J connectivity index is 1.32. The number of imidazole rings is 1. The summed E-state index contributed by atoms with van der Waals surface area (Å²) in [6.45, 7) is 10.2. The van der Waals surface area contributed by atoms with E-state index in [1.165, 1.54) is 5.56 Å². The first-order valence-corrected chi connectivity index (χ1v) is 13.8. The Morgan fingerprint density at radius 1 is 1.00 bits per heavy atom. The standard InChI is InChI=1S/C32H27N7S/c1-4-22(18-24(5-2)34-20(3)17-21-9-7-6-8-10-21)25-11-12-27-30(35-25)31(39-38-27)32-36-26-13-15-33-28(29(26)37-32)23-14-16-40-19-23/h4-16,18-19,34H,2-3,17H2,1H3,(H,36,37)(H,38,39)/b22-4+,24-18+. The summed E-state index contributed by atoms with van der Waals surface area (Å²) in [5, 5.41) is 15.2. The Hall–Kier alpha value is -5.08. The summed E-state index contributed by atoms with van der Waals surface area (Å²) in [4.78, 5) is 17.9. The molecule has 8 heteroatoms. The van der Waals surface area contributed by atoms with Crippen molar-refractivity contribution in [1.29, 1.82) is 0 Å². The minimum Gasteiger partial charge on any atom is -0.359 e. The van der Waals surface area contributed by atoms with Crippen LogP contribution in [0.25, 0.3) is 50.4 Å². The molecule has 0 radical (unpaired) electrons. The van der Waals surface area contributed by atoms with Crippen LogP contribution in [0.5, 0.6) is 0 Å². The van der Waals surface area contributed by atoms with Crippen molar-refractivity contribution < 1.29 is 0 Å². The number of aromatic amines is 2. The van der Waals surface area contributed by atoms with Crippen molar-refractivity contribution in [2.75, 3.05) is 0 Å². The Bertz CT molecular complexity index is 1890. The summed E-state index contributed by atoms with van der Waals surface area (Å²) in [7, 11) is 0. The van der Waals surface area contributed by atoms with Gasteiger partial charge in [0.25, 0.3) is 0 Å². The molecule has 0 saturated carbocycles. The van der Waals surface area contributed by atoms with Crippen molar-refractivity contribution >= 4 is 39.0 Å². The highest BCUT2D eigenvalue weighted by molar-refractivity contribution is 7.08. The topological polar surface area (TPSA) is 95.2 Å². The maximum absolute atomic E-state index is 4.99. The van der Waals surface area contributed by atoms with E-state index in [2.05, 4.69) is 56.2 Å². The molecule has 0 aliphatic carbocycles. The van der Waals surface area contributed by atoms with Crippen LogP contribution in [0.1, 0.15) is 18.2 Å². The van der Waals surface area contributed by atoms with Gasteiger partial charge in [0.1, 0.15) is 11.0 Å². The molecule has 0 bridgehead atoms. The molecule has 0 unspecified atom stereocenters. The lowest BCUT2D eigenvalue weighted by Gasteiger charge is -2.12. The molecule has 196 valence electrons. The predicted molar refractivity (Wildman–Crippen MR) is 164 cm³/mol. The molecule has 0 amide bonds. The predicted octanol–water partition coefficient (Wildman–Crippen LogP) is 7.44. The molecule has 0 aliphatic heterocycles. The normalized spacial score (nSPS) is 12.2. The molecule has 6 aromatic rings. The van der Waals surface area contributed by atoms with E-state index < -0.39 is 0 Å². The molecule has 40 heavy (non-hydrogen) atoms. The minimum atomic E-state index is 0.638. The third-order valence-electron chi connectivity index (χ3n) is 6.55. The van der Waals surface area contributed by atoms with E-state index >= 15 is 0 Å². The number of hydrogen-bond acceptors (Lipinski definition) is 6. The summed E-state index contributed by atoms with van der Waals surface area (Å²) >= 11 is 1.63. The van der Waals surface area contributed by atoms with E-state index in [4.69, 9.17) is 9.97 Å². The van der Waals surface area contributed by atoms with Gasteiger partial charge in [0, 0.05) is 35.0 Å². The lowest BCUT2D eigenvalue weighted by molar-refractivity contribution is 0.942. The van der Waals surface area contributed by atoms with Crippen molar-refractivity contribution in [2.24, 2.45) is 0 Å². The van der Waals surface area contributed by atoms with Crippen LogP contribution in [0.4, 0.5) is 0 Å². The monoisotopic (exact) mass is 541 g/mol. The van der Waals surface area contributed by atoms with E-state index in [9.17, 15) is 0 Å². The van der Waals surface area contributed by atoms with Crippen LogP contribution in [-0.2, 0) is 6.42 Å². The van der Waals surface area contributed by atoms with E-state index in [0.29, 0.717) is 11.5 Å². The third kappa shape index (κ3) is 5.00. The molecule has 0 saturated heterocycles. The number of rotatable bonds is 9. The van der Waals surface area contributed by atoms with Crippen molar-refractivity contribution in [3.05, 3.63) is 126 Å². The molecule has 0 atom stereocenters. The van der Waals surface area contributed by atoms with Gasteiger partial charge >= 0.3 is 0 Å². The van der Waals surface area contributed by atoms with Gasteiger partial charge in [-0.3, -0.25) is 10.1 Å². The fourth-order valence-electron chi connectivity index (χ4n) is 4.59. The van der Waals surface area contributed by atoms with Gasteiger partial charge in [-0.1, -0.05) is 49.6 Å². The second-order valence-corrected chi connectivity index (χ2v) is 10.0. The molecule has 6 rings (SSSR count). The highest BCUT2D eigenvalue weighted by Crippen LogP contribution is 2.31. The first kappa shape index (κ1) is 25.2. The van der Waals surface area contributed by atoms with Crippen molar-refractivity contribution in [3.63, 3.8) is 0 Å². The van der Waals surface area contributed by atoms with Gasteiger partial charge < -0.3 is 10.3 Å². The molecule has 7 nitrogen and oxygen atoms in total. The quantitative estimate of drug-likeness (QED) is 0.165. The first-order valence-electron chi connectivity index (χ1n) is 12.8. The van der Waals surface area contributed by atoms with Gasteiger partial charge in [0.05, 0.1) is 22.4 Å². The zero-order valence-corrected chi connectivity index (χ0v) is 22.8. The average Bonchev–Trinajstić information content (AvgIpc) is 3.74. The van der Waals surface area contributed by atoms with Gasteiger partial charge in [-0.15, -0.1) is 0 Å². The summed E-state index contributed by atoms with van der Waals surface area (Å²) < 4.78 is 0. The zero-order chi connectivity index (χ0) is 27.5. The SMILES string of the molecule is C=C/C(=C\C(=C/C)c1ccc2[nH]nc(-c3nc4c(-c5ccsc5)nccc4[nH]3)c2n1)NC(=C)Cc1ccccc1. The van der Waals surface area contributed by atoms with E-state index in [-0.39, 0.29) is 0 Å². The Morgan fingerprint density at radius 2 is 1.85 bits per heavy atom. The maximum Gasteiger partial charge on any atom is 0.161 e. The summed E-state index contributed by atoms with van der Waals surface area (Å²) in [5.41, 5.74) is 10.5. The van der Waals surface area contributed by atoms with Crippen molar-refractivity contribution in [2.45, 2.75) is 13.3 Å². The van der Waals surface area contributed by atoms with Crippen molar-refractivity contribution in [1.82, 2.24) is 35.5 Å². The van der Waals surface area contributed by atoms with Crippen LogP contribution in [0.3, 0.4) is 0 Å². The number of aromatic nitrogens is 6. The maximum atomic E-state index is 4.99. The number of nitrogens with zero attached hydrogens (tertiary/aromatic N) is 4. The number of hydrogen-bond donors (Lipinski definition) is 3. The van der Waals surface area contributed by atoms with Crippen LogP contribution < -0.4 is 5.32 Å². The summed E-state index contributed by atoms with van der Waals surface area (Å²) in [6.07, 6.45) is 8.35. The molecule has 0 aliphatic rings. The van der Waals surface area contributed by atoms with Crippen LogP contribution in [-0.4, -0.2) is 30.1 Å². The van der Waals surface area contributed by atoms with Crippen LogP contribution in [0, 0.1) is 0 Å². The molecular formula is C32H27N7S. The number of pyridine rings is 2. The van der Waals surface area contributed by atoms with Crippen LogP contribution in [0.2, 0.25) is 0 Å². The number of benzene rings is 1. The third-order valence-corrected chi connectivity index (χ3v) is 7.23.